The zero-order valence-corrected chi connectivity index (χ0v) is 38.1. The first kappa shape index (κ1) is 44.3. The van der Waals surface area contributed by atoms with Gasteiger partial charge in [-0.05, 0) is 100 Å². The smallest absolute Gasteiger partial charge is 0.413 e. The molecule has 10 rings (SSSR count). The molecule has 4 aromatic rings. The Bertz CT molecular complexity index is 2550. The summed E-state index contributed by atoms with van der Waals surface area (Å²) in [7, 11) is 3.21. The van der Waals surface area contributed by atoms with Crippen LogP contribution in [0.1, 0.15) is 89.0 Å². The molecule has 2 N–H and O–H groups in total. The highest BCUT2D eigenvalue weighted by atomic mass is 16.7. The van der Waals surface area contributed by atoms with Crippen molar-refractivity contribution in [3.63, 3.8) is 0 Å². The summed E-state index contributed by atoms with van der Waals surface area (Å²) in [5, 5.41) is 9.57. The number of piperidine rings is 2. The van der Waals surface area contributed by atoms with Crippen LogP contribution in [-0.4, -0.2) is 125 Å². The Morgan fingerprint density at radius 3 is 2.39 bits per heavy atom. The number of carbonyl (C=O) groups is 4. The summed E-state index contributed by atoms with van der Waals surface area (Å²) in [4.78, 5) is 71.7. The highest BCUT2D eigenvalue weighted by Gasteiger charge is 2.44. The topological polar surface area (TPSA) is 199 Å². The fourth-order valence-corrected chi connectivity index (χ4v) is 10.3. The number of methoxy groups -OCH3 is 2. The van der Waals surface area contributed by atoms with Gasteiger partial charge >= 0.3 is 6.09 Å². The largest absolute Gasteiger partial charge is 0.493 e. The molecule has 2 saturated heterocycles. The van der Waals surface area contributed by atoms with E-state index in [2.05, 4.69) is 20.3 Å². The molecule has 6 aliphatic rings. The number of benzene rings is 2. The SMILES string of the molecule is COc1ccc(C2=NN(C3CCN(C(=O)[C@H](CCC(=O)N4CCCCC4)NC(=O)Oc4c[nH]c5c(-c6c(OCC7CC7)ccc7c6OCO7)ncnc45)CC3)C(=O)[C@@H]3CCCC[C@H]23)cc1OC. The van der Waals surface area contributed by atoms with Gasteiger partial charge in [0.05, 0.1) is 43.7 Å². The molecule has 0 spiro atoms. The van der Waals surface area contributed by atoms with E-state index in [9.17, 15) is 19.2 Å². The van der Waals surface area contributed by atoms with E-state index in [1.807, 2.05) is 35.2 Å². The summed E-state index contributed by atoms with van der Waals surface area (Å²) < 4.78 is 34.8. The van der Waals surface area contributed by atoms with Crippen molar-refractivity contribution in [2.24, 2.45) is 22.9 Å². The van der Waals surface area contributed by atoms with E-state index in [0.717, 1.165) is 69.1 Å². The third-order valence-electron chi connectivity index (χ3n) is 14.2. The Morgan fingerprint density at radius 2 is 1.61 bits per heavy atom. The fraction of sp³-hybridized carbons (Fsp3) is 0.531. The second kappa shape index (κ2) is 19.3. The fourth-order valence-electron chi connectivity index (χ4n) is 10.3. The molecule has 2 aromatic carbocycles. The number of H-pyrrole nitrogens is 1. The number of amides is 4. The van der Waals surface area contributed by atoms with Gasteiger partial charge in [-0.3, -0.25) is 14.4 Å². The Kier molecular flexibility index (Phi) is 12.8. The summed E-state index contributed by atoms with van der Waals surface area (Å²) in [6.07, 6.45) is 12.1. The number of aromatic nitrogens is 3. The van der Waals surface area contributed by atoms with Crippen LogP contribution in [0.4, 0.5) is 4.79 Å². The number of nitrogens with one attached hydrogen (secondary N) is 2. The van der Waals surface area contributed by atoms with Crippen molar-refractivity contribution in [2.75, 3.05) is 53.8 Å². The lowest BCUT2D eigenvalue weighted by Crippen LogP contribution is -2.55. The summed E-state index contributed by atoms with van der Waals surface area (Å²) >= 11 is 0. The molecule has 2 saturated carbocycles. The van der Waals surface area contributed by atoms with Crippen LogP contribution in [-0.2, 0) is 14.4 Å². The van der Waals surface area contributed by atoms with Gasteiger partial charge in [0.15, 0.2) is 28.7 Å². The van der Waals surface area contributed by atoms with Crippen molar-refractivity contribution < 1.29 is 47.6 Å². The number of fused-ring (bicyclic) bond motifs is 3. The van der Waals surface area contributed by atoms with E-state index in [0.29, 0.717) is 103 Å². The summed E-state index contributed by atoms with van der Waals surface area (Å²) in [6, 6.07) is 8.14. The number of aromatic amines is 1. The molecule has 4 amide bonds. The molecule has 4 aliphatic heterocycles. The second-order valence-corrected chi connectivity index (χ2v) is 18.4. The van der Waals surface area contributed by atoms with Gasteiger partial charge in [0.2, 0.25) is 24.5 Å². The minimum Gasteiger partial charge on any atom is -0.493 e. The van der Waals surface area contributed by atoms with E-state index in [-0.39, 0.29) is 61.0 Å². The average Bonchev–Trinajstić information content (AvgIpc) is 3.93. The highest BCUT2D eigenvalue weighted by Crippen LogP contribution is 2.49. The number of hydrazone groups is 1. The first-order valence-corrected chi connectivity index (χ1v) is 23.8. The van der Waals surface area contributed by atoms with Crippen molar-refractivity contribution in [3.05, 3.63) is 48.4 Å². The Labute approximate surface area is 388 Å². The van der Waals surface area contributed by atoms with E-state index in [1.54, 1.807) is 24.1 Å². The molecular formula is C49H58N8O10. The quantitative estimate of drug-likeness (QED) is 0.140. The number of hydrogen-bond donors (Lipinski definition) is 2. The number of hydrogen-bond acceptors (Lipinski definition) is 13. The van der Waals surface area contributed by atoms with Crippen molar-refractivity contribution >= 4 is 40.6 Å². The number of rotatable bonds is 14. The van der Waals surface area contributed by atoms with Crippen LogP contribution in [0.2, 0.25) is 0 Å². The third kappa shape index (κ3) is 9.13. The minimum absolute atomic E-state index is 0.00788. The molecule has 6 heterocycles. The zero-order chi connectivity index (χ0) is 46.0. The van der Waals surface area contributed by atoms with Gasteiger partial charge in [0, 0.05) is 56.2 Å². The van der Waals surface area contributed by atoms with Gasteiger partial charge in [0.25, 0.3) is 0 Å². The monoisotopic (exact) mass is 918 g/mol. The van der Waals surface area contributed by atoms with Gasteiger partial charge in [-0.15, -0.1) is 0 Å². The lowest BCUT2D eigenvalue weighted by molar-refractivity contribution is -0.143. The highest BCUT2D eigenvalue weighted by molar-refractivity contribution is 6.07. The summed E-state index contributed by atoms with van der Waals surface area (Å²) in [5.41, 5.74) is 3.67. The maximum atomic E-state index is 14.5. The van der Waals surface area contributed by atoms with Crippen molar-refractivity contribution in [3.8, 4) is 45.8 Å². The van der Waals surface area contributed by atoms with Gasteiger partial charge < -0.3 is 48.5 Å². The number of ether oxygens (including phenoxy) is 6. The van der Waals surface area contributed by atoms with Crippen LogP contribution in [0, 0.1) is 17.8 Å². The Morgan fingerprint density at radius 1 is 0.836 bits per heavy atom. The van der Waals surface area contributed by atoms with Crippen LogP contribution in [0.25, 0.3) is 22.3 Å². The molecule has 18 heteroatoms. The average molecular weight is 919 g/mol. The maximum Gasteiger partial charge on any atom is 0.413 e. The number of likely N-dealkylation sites (tertiary alicyclic amines) is 2. The first-order chi connectivity index (χ1) is 32.8. The molecule has 0 radical (unpaired) electrons. The molecule has 0 bridgehead atoms. The maximum absolute atomic E-state index is 14.5. The molecule has 2 aliphatic carbocycles. The van der Waals surface area contributed by atoms with E-state index >= 15 is 0 Å². The van der Waals surface area contributed by atoms with Crippen molar-refractivity contribution in [2.45, 2.75) is 95.6 Å². The second-order valence-electron chi connectivity index (χ2n) is 18.4. The molecule has 18 nitrogen and oxygen atoms in total. The number of carbonyl (C=O) groups excluding carboxylic acids is 4. The Hall–Kier alpha value is -6.59. The summed E-state index contributed by atoms with van der Waals surface area (Å²) in [5.74, 6) is 2.98. The van der Waals surface area contributed by atoms with E-state index in [4.69, 9.17) is 33.5 Å². The van der Waals surface area contributed by atoms with Gasteiger partial charge in [0.1, 0.15) is 29.3 Å². The van der Waals surface area contributed by atoms with Crippen LogP contribution in [0.5, 0.6) is 34.5 Å². The molecule has 3 atom stereocenters. The van der Waals surface area contributed by atoms with Gasteiger partial charge in [-0.2, -0.15) is 5.10 Å². The third-order valence-corrected chi connectivity index (χ3v) is 14.2. The van der Waals surface area contributed by atoms with Crippen LogP contribution >= 0.6 is 0 Å². The van der Waals surface area contributed by atoms with Crippen molar-refractivity contribution in [1.29, 1.82) is 0 Å². The Balaban J connectivity index is 0.855. The van der Waals surface area contributed by atoms with Crippen LogP contribution < -0.4 is 33.7 Å². The van der Waals surface area contributed by atoms with Crippen LogP contribution in [0.3, 0.4) is 0 Å². The van der Waals surface area contributed by atoms with Gasteiger partial charge in [-0.1, -0.05) is 12.8 Å². The molecular weight excluding hydrogens is 861 g/mol. The normalized spacial score (nSPS) is 21.1. The lowest BCUT2D eigenvalue weighted by atomic mass is 9.73. The minimum atomic E-state index is -1.06. The molecule has 2 aromatic heterocycles. The molecule has 0 unspecified atom stereocenters. The molecule has 67 heavy (non-hydrogen) atoms. The molecule has 4 fully saturated rings. The van der Waals surface area contributed by atoms with Crippen LogP contribution in [0.15, 0.2) is 48.0 Å². The lowest BCUT2D eigenvalue weighted by Gasteiger charge is -2.43. The zero-order valence-electron chi connectivity index (χ0n) is 38.1. The summed E-state index contributed by atoms with van der Waals surface area (Å²) in [6.45, 7) is 2.65. The standard InChI is InChI=1S/C49H58N8O10/c1-62-35-14-12-30(24-38(35)63-2)42-32-8-4-5-9-33(32)47(59)57(54-42)31-18-22-56(23-19-31)48(60)34(13-17-40(58)55-20-6-3-7-21-55)53-49(61)67-39-25-50-45-43(39)51-27-52-44(45)41-36(64-26-29-10-11-29)15-16-37-46(41)66-28-65-37/h12,14-16,24-25,27,29,31-34,50H,3-11,13,17-23,26,28H2,1-2H3,(H,53,61)/t32-,33+,34-/m0/s1. The van der Waals surface area contributed by atoms with Crippen molar-refractivity contribution in [1.82, 2.24) is 35.1 Å². The van der Waals surface area contributed by atoms with E-state index in [1.165, 1.54) is 12.5 Å². The molecule has 354 valence electrons. The predicted molar refractivity (Wildman–Crippen MR) is 244 cm³/mol. The first-order valence-electron chi connectivity index (χ1n) is 23.8. The van der Waals surface area contributed by atoms with E-state index < -0.39 is 12.1 Å². The predicted octanol–water partition coefficient (Wildman–Crippen LogP) is 6.45. The van der Waals surface area contributed by atoms with Gasteiger partial charge in [-0.25, -0.2) is 19.8 Å². The number of nitrogens with zero attached hydrogens (tertiary/aromatic N) is 6.